The van der Waals surface area contributed by atoms with Crippen molar-refractivity contribution >= 4 is 27.3 Å². The third-order valence-corrected chi connectivity index (χ3v) is 5.87. The maximum absolute atomic E-state index is 14.2. The fourth-order valence-electron chi connectivity index (χ4n) is 3.14. The van der Waals surface area contributed by atoms with Crippen LogP contribution < -0.4 is 14.4 Å². The molecule has 3 rings (SSSR count). The minimum Gasteiger partial charge on any atom is -0.491 e. The molecule has 1 saturated heterocycles. The Labute approximate surface area is 164 Å². The third-order valence-electron chi connectivity index (χ3n) is 4.47. The highest BCUT2D eigenvalue weighted by Crippen LogP contribution is 2.34. The third kappa shape index (κ3) is 3.61. The van der Waals surface area contributed by atoms with Gasteiger partial charge in [-0.1, -0.05) is 0 Å². The fourth-order valence-corrected chi connectivity index (χ4v) is 4.33. The number of nitrogens with one attached hydrogen (secondary N) is 1. The van der Waals surface area contributed by atoms with Gasteiger partial charge in [-0.05, 0) is 37.1 Å². The van der Waals surface area contributed by atoms with E-state index >= 15 is 0 Å². The number of hydrogen-bond donors (Lipinski definition) is 1. The minimum absolute atomic E-state index is 0.0743. The largest absolute Gasteiger partial charge is 0.491 e. The predicted molar refractivity (Wildman–Crippen MR) is 96.4 cm³/mol. The molecule has 0 saturated carbocycles. The summed E-state index contributed by atoms with van der Waals surface area (Å²) >= 11 is 0. The van der Waals surface area contributed by atoms with E-state index in [2.05, 4.69) is 4.74 Å². The molecule has 1 N–H and O–H groups in total. The molecular formula is C18H16F4N2O4S. The van der Waals surface area contributed by atoms with Crippen molar-refractivity contribution < 1.29 is 35.5 Å². The number of rotatable bonds is 5. The van der Waals surface area contributed by atoms with Crippen molar-refractivity contribution in [3.05, 3.63) is 47.0 Å². The number of sulfonamides is 1. The van der Waals surface area contributed by atoms with Crippen LogP contribution in [-0.2, 0) is 14.8 Å². The summed E-state index contributed by atoms with van der Waals surface area (Å²) in [6.07, 6.45) is 1.10. The summed E-state index contributed by atoms with van der Waals surface area (Å²) in [6.45, 7) is 2.14. The van der Waals surface area contributed by atoms with E-state index in [0.29, 0.717) is 30.6 Å². The number of carbonyl (C=O) groups is 1. The summed E-state index contributed by atoms with van der Waals surface area (Å²) in [7, 11) is -4.24. The molecule has 29 heavy (non-hydrogen) atoms. The summed E-state index contributed by atoms with van der Waals surface area (Å²) in [4.78, 5) is 11.6. The second-order valence-corrected chi connectivity index (χ2v) is 7.99. The highest BCUT2D eigenvalue weighted by molar-refractivity contribution is 7.92. The second-order valence-electron chi connectivity index (χ2n) is 6.37. The summed E-state index contributed by atoms with van der Waals surface area (Å²) in [5.41, 5.74) is 0.983. The molecule has 1 aliphatic rings. The lowest BCUT2D eigenvalue weighted by Crippen LogP contribution is -2.24. The predicted octanol–water partition coefficient (Wildman–Crippen LogP) is 3.49. The monoisotopic (exact) mass is 432 g/mol. The van der Waals surface area contributed by atoms with Gasteiger partial charge in [-0.3, -0.25) is 9.52 Å². The Balaban J connectivity index is 1.99. The zero-order valence-electron chi connectivity index (χ0n) is 15.4. The van der Waals surface area contributed by atoms with Crippen molar-refractivity contribution in [1.29, 1.82) is 0 Å². The highest BCUT2D eigenvalue weighted by Gasteiger charge is 2.34. The minimum atomic E-state index is -5.02. The molecule has 0 radical (unpaired) electrons. The van der Waals surface area contributed by atoms with Crippen LogP contribution in [0.4, 0.5) is 28.9 Å². The van der Waals surface area contributed by atoms with Gasteiger partial charge in [0.05, 0.1) is 7.11 Å². The van der Waals surface area contributed by atoms with Gasteiger partial charge in [0, 0.05) is 24.3 Å². The molecule has 0 bridgehead atoms. The molecule has 11 heteroatoms. The van der Waals surface area contributed by atoms with Crippen molar-refractivity contribution in [2.75, 3.05) is 23.3 Å². The summed E-state index contributed by atoms with van der Waals surface area (Å²) < 4.78 is 87.0. The van der Waals surface area contributed by atoms with E-state index in [1.807, 2.05) is 4.72 Å². The second kappa shape index (κ2) is 7.54. The van der Waals surface area contributed by atoms with Crippen molar-refractivity contribution in [3.63, 3.8) is 0 Å². The first-order chi connectivity index (χ1) is 13.6. The zero-order chi connectivity index (χ0) is 21.5. The van der Waals surface area contributed by atoms with Gasteiger partial charge in [0.2, 0.25) is 17.5 Å². The van der Waals surface area contributed by atoms with Crippen molar-refractivity contribution in [1.82, 2.24) is 0 Å². The van der Waals surface area contributed by atoms with E-state index in [-0.39, 0.29) is 11.6 Å². The molecule has 0 unspecified atom stereocenters. The van der Waals surface area contributed by atoms with Crippen LogP contribution in [0.1, 0.15) is 18.4 Å². The van der Waals surface area contributed by atoms with Gasteiger partial charge < -0.3 is 9.64 Å². The van der Waals surface area contributed by atoms with Crippen LogP contribution in [-0.4, -0.2) is 28.0 Å². The molecule has 1 heterocycles. The number of benzene rings is 2. The number of amides is 1. The van der Waals surface area contributed by atoms with Gasteiger partial charge in [-0.15, -0.1) is 0 Å². The van der Waals surface area contributed by atoms with Crippen LogP contribution in [0.5, 0.6) is 5.75 Å². The molecule has 0 atom stereocenters. The fraction of sp³-hybridized carbons (Fsp3) is 0.278. The Hall–Kier alpha value is -2.82. The molecule has 0 spiro atoms. The molecule has 156 valence electrons. The van der Waals surface area contributed by atoms with E-state index < -0.39 is 43.9 Å². The summed E-state index contributed by atoms with van der Waals surface area (Å²) in [5.74, 6) is -9.59. The van der Waals surface area contributed by atoms with Gasteiger partial charge in [0.15, 0.2) is 22.3 Å². The Morgan fingerprint density at radius 2 is 1.69 bits per heavy atom. The molecule has 2 aromatic rings. The van der Waals surface area contributed by atoms with Gasteiger partial charge >= 0.3 is 0 Å². The first-order valence-corrected chi connectivity index (χ1v) is 9.90. The Bertz CT molecular complexity index is 1080. The molecule has 1 aliphatic heterocycles. The Morgan fingerprint density at radius 1 is 1.07 bits per heavy atom. The standard InChI is InChI=1S/C18H16F4N2O4S/c1-9-8-10(5-6-11(9)24-7-3-4-12(24)25)23-29(26,27)18-15(21)13(19)17(28-2)14(20)16(18)22/h5-6,8,23H,3-4,7H2,1-2H3. The van der Waals surface area contributed by atoms with Crippen LogP contribution in [0.2, 0.25) is 0 Å². The quantitative estimate of drug-likeness (QED) is 0.580. The average molecular weight is 432 g/mol. The molecule has 1 amide bonds. The smallest absolute Gasteiger partial charge is 0.267 e. The Kier molecular flexibility index (Phi) is 5.44. The van der Waals surface area contributed by atoms with Gasteiger partial charge in [0.25, 0.3) is 10.0 Å². The first-order valence-electron chi connectivity index (χ1n) is 8.42. The van der Waals surface area contributed by atoms with E-state index in [1.165, 1.54) is 18.2 Å². The number of anilines is 2. The van der Waals surface area contributed by atoms with Crippen molar-refractivity contribution in [2.45, 2.75) is 24.7 Å². The lowest BCUT2D eigenvalue weighted by Gasteiger charge is -2.19. The Morgan fingerprint density at radius 3 is 2.17 bits per heavy atom. The van der Waals surface area contributed by atoms with Crippen LogP contribution in [0.15, 0.2) is 23.1 Å². The van der Waals surface area contributed by atoms with E-state index in [9.17, 15) is 30.8 Å². The molecule has 6 nitrogen and oxygen atoms in total. The SMILES string of the molecule is COc1c(F)c(F)c(S(=O)(=O)Nc2ccc(N3CCCC3=O)c(C)c2)c(F)c1F. The van der Waals surface area contributed by atoms with Gasteiger partial charge in [0.1, 0.15) is 0 Å². The van der Waals surface area contributed by atoms with Gasteiger partial charge in [-0.2, -0.15) is 8.78 Å². The zero-order valence-corrected chi connectivity index (χ0v) is 16.2. The number of nitrogens with zero attached hydrogens (tertiary/aromatic N) is 1. The summed E-state index contributed by atoms with van der Waals surface area (Å²) in [6, 6.07) is 4.08. The van der Waals surface area contributed by atoms with Crippen LogP contribution in [0, 0.1) is 30.2 Å². The number of hydrogen-bond acceptors (Lipinski definition) is 4. The number of ether oxygens (including phenoxy) is 1. The highest BCUT2D eigenvalue weighted by atomic mass is 32.2. The number of halogens is 4. The lowest BCUT2D eigenvalue weighted by molar-refractivity contribution is -0.117. The number of carbonyl (C=O) groups excluding carboxylic acids is 1. The average Bonchev–Trinajstić information content (AvgIpc) is 3.06. The van der Waals surface area contributed by atoms with Crippen molar-refractivity contribution in [3.8, 4) is 5.75 Å². The lowest BCUT2D eigenvalue weighted by atomic mass is 10.1. The number of methoxy groups -OCH3 is 1. The molecule has 2 aromatic carbocycles. The summed E-state index contributed by atoms with van der Waals surface area (Å²) in [5, 5.41) is 0. The molecular weight excluding hydrogens is 416 g/mol. The molecule has 1 fully saturated rings. The van der Waals surface area contributed by atoms with Crippen LogP contribution in [0.25, 0.3) is 0 Å². The maximum atomic E-state index is 14.2. The van der Waals surface area contributed by atoms with Crippen molar-refractivity contribution in [2.24, 2.45) is 0 Å². The van der Waals surface area contributed by atoms with E-state index in [1.54, 1.807) is 11.8 Å². The van der Waals surface area contributed by atoms with E-state index in [0.717, 1.165) is 7.11 Å². The van der Waals surface area contributed by atoms with Gasteiger partial charge in [-0.25, -0.2) is 17.2 Å². The topological polar surface area (TPSA) is 75.7 Å². The maximum Gasteiger partial charge on any atom is 0.267 e. The van der Waals surface area contributed by atoms with Crippen LogP contribution in [0.3, 0.4) is 0 Å². The number of aryl methyl sites for hydroxylation is 1. The molecule has 0 aromatic heterocycles. The first kappa shape index (κ1) is 20.9. The van der Waals surface area contributed by atoms with E-state index in [4.69, 9.17) is 0 Å². The normalized spacial score (nSPS) is 14.4. The molecule has 0 aliphatic carbocycles. The van der Waals surface area contributed by atoms with Crippen LogP contribution >= 0.6 is 0 Å².